The summed E-state index contributed by atoms with van der Waals surface area (Å²) in [4.78, 5) is 10.8. The molecule has 11 rings (SSSR count). The summed E-state index contributed by atoms with van der Waals surface area (Å²) in [6.07, 6.45) is 2.00. The molecular formula is C46H26N2S2. The monoisotopic (exact) mass is 670 g/mol. The van der Waals surface area contributed by atoms with Crippen LogP contribution in [-0.2, 0) is 0 Å². The number of aromatic nitrogens is 2. The van der Waals surface area contributed by atoms with E-state index in [1.165, 1.54) is 62.2 Å². The second-order valence-electron chi connectivity index (χ2n) is 12.8. The van der Waals surface area contributed by atoms with E-state index < -0.39 is 0 Å². The maximum absolute atomic E-state index is 5.59. The van der Waals surface area contributed by atoms with Crippen molar-refractivity contribution in [1.82, 2.24) is 9.97 Å². The lowest BCUT2D eigenvalue weighted by molar-refractivity contribution is 1.31. The summed E-state index contributed by atoms with van der Waals surface area (Å²) < 4.78 is 5.17. The van der Waals surface area contributed by atoms with E-state index in [9.17, 15) is 0 Å². The van der Waals surface area contributed by atoms with E-state index in [0.717, 1.165) is 44.2 Å². The molecule has 2 nitrogen and oxygen atoms in total. The van der Waals surface area contributed by atoms with Gasteiger partial charge in [0.2, 0.25) is 0 Å². The van der Waals surface area contributed by atoms with Gasteiger partial charge in [0.05, 0.1) is 22.9 Å². The van der Waals surface area contributed by atoms with Crippen LogP contribution in [-0.4, -0.2) is 9.97 Å². The predicted octanol–water partition coefficient (Wildman–Crippen LogP) is 13.7. The Balaban J connectivity index is 1.27. The van der Waals surface area contributed by atoms with Gasteiger partial charge in [-0.1, -0.05) is 140 Å². The summed E-state index contributed by atoms with van der Waals surface area (Å²) in [5.41, 5.74) is 8.60. The van der Waals surface area contributed by atoms with Gasteiger partial charge in [-0.3, -0.25) is 4.98 Å². The third-order valence-electron chi connectivity index (χ3n) is 10.1. The molecule has 0 amide bonds. The normalized spacial score (nSPS) is 12.0. The molecule has 0 saturated heterocycles. The molecule has 0 unspecified atom stereocenters. The Labute approximate surface area is 295 Å². The molecule has 3 heterocycles. The molecule has 0 atom stereocenters. The van der Waals surface area contributed by atoms with Gasteiger partial charge in [-0.25, -0.2) is 4.98 Å². The molecule has 0 bridgehead atoms. The Morgan fingerprint density at radius 1 is 0.340 bits per heavy atom. The minimum Gasteiger partial charge on any atom is -0.252 e. The Morgan fingerprint density at radius 3 is 1.32 bits per heavy atom. The van der Waals surface area contributed by atoms with Gasteiger partial charge in [0, 0.05) is 67.8 Å². The summed E-state index contributed by atoms with van der Waals surface area (Å²) >= 11 is 3.73. The van der Waals surface area contributed by atoms with E-state index in [-0.39, 0.29) is 0 Å². The molecule has 232 valence electrons. The first-order chi connectivity index (χ1) is 24.8. The van der Waals surface area contributed by atoms with E-state index in [1.54, 1.807) is 0 Å². The molecule has 0 aliphatic carbocycles. The van der Waals surface area contributed by atoms with Crippen molar-refractivity contribution in [2.75, 3.05) is 0 Å². The fourth-order valence-electron chi connectivity index (χ4n) is 7.94. The number of rotatable bonds is 3. The molecule has 0 saturated carbocycles. The number of fused-ring (bicyclic) bond motifs is 12. The van der Waals surface area contributed by atoms with Crippen molar-refractivity contribution >= 4 is 95.6 Å². The smallest absolute Gasteiger partial charge is 0.0979 e. The van der Waals surface area contributed by atoms with E-state index in [0.29, 0.717) is 0 Å². The first-order valence-electron chi connectivity index (χ1n) is 16.8. The Morgan fingerprint density at radius 2 is 0.760 bits per heavy atom. The van der Waals surface area contributed by atoms with Gasteiger partial charge < -0.3 is 0 Å². The van der Waals surface area contributed by atoms with E-state index in [2.05, 4.69) is 152 Å². The van der Waals surface area contributed by atoms with Gasteiger partial charge in [0.25, 0.3) is 0 Å². The quantitative estimate of drug-likeness (QED) is 0.175. The summed E-state index contributed by atoms with van der Waals surface area (Å²) in [5, 5.41) is 9.80. The fraction of sp³-hybridized carbons (Fsp3) is 0. The standard InChI is InChI=1S/C46H26N2S2/c1-3-16-33-27(12-1)28-13-2-4-17-34(28)44-43(33)47-26-39(48-44)42-31(37-22-10-20-35-29-14-5-7-24-40(29)49-45(35)37)18-9-19-32(42)38-23-11-21-36-30-15-6-8-25-41(30)50-46(36)38/h1-26H. The Bertz CT molecular complexity index is 3000. The molecule has 0 aliphatic heterocycles. The lowest BCUT2D eigenvalue weighted by Crippen LogP contribution is -1.96. The van der Waals surface area contributed by atoms with Crippen molar-refractivity contribution in [3.8, 4) is 33.5 Å². The van der Waals surface area contributed by atoms with Crippen molar-refractivity contribution < 1.29 is 0 Å². The van der Waals surface area contributed by atoms with E-state index >= 15 is 0 Å². The molecule has 50 heavy (non-hydrogen) atoms. The first kappa shape index (κ1) is 28.0. The summed E-state index contributed by atoms with van der Waals surface area (Å²) in [7, 11) is 0. The van der Waals surface area contributed by atoms with Crippen LogP contribution in [0.3, 0.4) is 0 Å². The molecule has 0 radical (unpaired) electrons. The summed E-state index contributed by atoms with van der Waals surface area (Å²) in [6.45, 7) is 0. The van der Waals surface area contributed by atoms with Crippen LogP contribution in [0.25, 0.3) is 106 Å². The first-order valence-corrected chi connectivity index (χ1v) is 18.5. The highest BCUT2D eigenvalue weighted by Gasteiger charge is 2.22. The molecule has 0 spiro atoms. The van der Waals surface area contributed by atoms with Gasteiger partial charge in [0.1, 0.15) is 0 Å². The number of benzene rings is 8. The van der Waals surface area contributed by atoms with Crippen molar-refractivity contribution in [2.24, 2.45) is 0 Å². The maximum atomic E-state index is 5.59. The zero-order valence-electron chi connectivity index (χ0n) is 26.7. The Hall–Kier alpha value is -5.94. The highest BCUT2D eigenvalue weighted by atomic mass is 32.1. The minimum absolute atomic E-state index is 0.875. The molecule has 11 aromatic rings. The van der Waals surface area contributed by atoms with Crippen molar-refractivity contribution in [3.05, 3.63) is 158 Å². The van der Waals surface area contributed by atoms with Crippen LogP contribution in [0.5, 0.6) is 0 Å². The van der Waals surface area contributed by atoms with Crippen molar-refractivity contribution in [2.45, 2.75) is 0 Å². The van der Waals surface area contributed by atoms with Crippen LogP contribution < -0.4 is 0 Å². The highest BCUT2D eigenvalue weighted by Crippen LogP contribution is 2.48. The lowest BCUT2D eigenvalue weighted by atomic mass is 9.89. The summed E-state index contributed by atoms with van der Waals surface area (Å²) in [6, 6.07) is 54.9. The molecular weight excluding hydrogens is 645 g/mol. The molecule has 0 fully saturated rings. The maximum Gasteiger partial charge on any atom is 0.0979 e. The number of hydrogen-bond donors (Lipinski definition) is 0. The van der Waals surface area contributed by atoms with E-state index in [4.69, 9.17) is 9.97 Å². The van der Waals surface area contributed by atoms with Crippen LogP contribution in [0.1, 0.15) is 0 Å². The third-order valence-corrected chi connectivity index (χ3v) is 12.6. The largest absolute Gasteiger partial charge is 0.252 e. The number of hydrogen-bond acceptors (Lipinski definition) is 4. The van der Waals surface area contributed by atoms with Crippen molar-refractivity contribution in [1.29, 1.82) is 0 Å². The van der Waals surface area contributed by atoms with Gasteiger partial charge in [-0.05, 0) is 34.0 Å². The average Bonchev–Trinajstić information content (AvgIpc) is 3.76. The SMILES string of the molecule is c1cc(-c2cccc3c2sc2ccccc23)c(-c2cnc3c4ccccc4c4ccccc4c3n2)c(-c2cccc3c2sc2ccccc23)c1. The number of thiophene rings is 2. The summed E-state index contributed by atoms with van der Waals surface area (Å²) in [5.74, 6) is 0. The van der Waals surface area contributed by atoms with Crippen LogP contribution in [0.4, 0.5) is 0 Å². The molecule has 0 aliphatic rings. The second-order valence-corrected chi connectivity index (χ2v) is 14.9. The average molecular weight is 671 g/mol. The van der Waals surface area contributed by atoms with Crippen LogP contribution in [0.15, 0.2) is 158 Å². The molecule has 3 aromatic heterocycles. The number of nitrogens with zero attached hydrogens (tertiary/aromatic N) is 2. The minimum atomic E-state index is 0.875. The fourth-order valence-corrected chi connectivity index (χ4v) is 10.4. The van der Waals surface area contributed by atoms with Gasteiger partial charge in [0.15, 0.2) is 0 Å². The van der Waals surface area contributed by atoms with Crippen LogP contribution >= 0.6 is 22.7 Å². The van der Waals surface area contributed by atoms with Crippen molar-refractivity contribution in [3.63, 3.8) is 0 Å². The third kappa shape index (κ3) is 4.01. The molecule has 0 N–H and O–H groups in total. The van der Waals surface area contributed by atoms with Crippen LogP contribution in [0.2, 0.25) is 0 Å². The second kappa shape index (κ2) is 10.8. The zero-order valence-corrected chi connectivity index (χ0v) is 28.4. The zero-order chi connectivity index (χ0) is 32.8. The topological polar surface area (TPSA) is 25.8 Å². The lowest BCUT2D eigenvalue weighted by Gasteiger charge is -2.17. The highest BCUT2D eigenvalue weighted by molar-refractivity contribution is 7.26. The van der Waals surface area contributed by atoms with Gasteiger partial charge >= 0.3 is 0 Å². The molecule has 8 aromatic carbocycles. The molecule has 4 heteroatoms. The van der Waals surface area contributed by atoms with E-state index in [1.807, 2.05) is 28.9 Å². The predicted molar refractivity (Wildman–Crippen MR) is 217 cm³/mol. The van der Waals surface area contributed by atoms with Gasteiger partial charge in [-0.2, -0.15) is 0 Å². The van der Waals surface area contributed by atoms with Crippen LogP contribution in [0, 0.1) is 0 Å². The Kier molecular flexibility index (Phi) is 6.03. The van der Waals surface area contributed by atoms with Gasteiger partial charge in [-0.15, -0.1) is 22.7 Å².